The first kappa shape index (κ1) is 17.4. The van der Waals surface area contributed by atoms with Gasteiger partial charge in [0.1, 0.15) is 17.3 Å². The number of nitrogens with zero attached hydrogens (tertiary/aromatic N) is 3. The number of hydrazone groups is 1. The van der Waals surface area contributed by atoms with Gasteiger partial charge in [-0.2, -0.15) is 5.10 Å². The van der Waals surface area contributed by atoms with Crippen LogP contribution >= 0.6 is 0 Å². The number of aliphatic hydroxyl groups excluding tert-OH is 1. The van der Waals surface area contributed by atoms with E-state index in [4.69, 9.17) is 9.52 Å². The lowest BCUT2D eigenvalue weighted by molar-refractivity contribution is 0.282. The van der Waals surface area contributed by atoms with Crippen molar-refractivity contribution < 1.29 is 9.52 Å². The third-order valence-corrected chi connectivity index (χ3v) is 3.89. The van der Waals surface area contributed by atoms with E-state index in [1.807, 2.05) is 30.3 Å². The first-order valence-electron chi connectivity index (χ1n) is 7.86. The lowest BCUT2D eigenvalue weighted by Crippen LogP contribution is -2.33. The summed E-state index contributed by atoms with van der Waals surface area (Å²) in [4.78, 5) is 25.9. The highest BCUT2D eigenvalue weighted by atomic mass is 16.3. The van der Waals surface area contributed by atoms with Gasteiger partial charge in [0.2, 0.25) is 0 Å². The van der Waals surface area contributed by atoms with Gasteiger partial charge in [-0.3, -0.25) is 19.4 Å². The van der Waals surface area contributed by atoms with Gasteiger partial charge in [0.25, 0.3) is 5.56 Å². The fourth-order valence-corrected chi connectivity index (χ4v) is 2.28. The topological polar surface area (TPSA) is 104 Å². The average Bonchev–Trinajstić information content (AvgIpc) is 3.12. The summed E-state index contributed by atoms with van der Waals surface area (Å²) in [7, 11) is 3.00. The molecule has 0 bridgehead atoms. The molecule has 2 N–H and O–H groups in total. The largest absolute Gasteiger partial charge is 0.455 e. The predicted molar refractivity (Wildman–Crippen MR) is 98.4 cm³/mol. The quantitative estimate of drug-likeness (QED) is 0.531. The van der Waals surface area contributed by atoms with E-state index < -0.39 is 11.2 Å². The van der Waals surface area contributed by atoms with Crippen LogP contribution in [0.5, 0.6) is 0 Å². The highest BCUT2D eigenvalue weighted by molar-refractivity contribution is 5.78. The molecule has 0 amide bonds. The zero-order valence-electron chi connectivity index (χ0n) is 14.3. The zero-order chi connectivity index (χ0) is 18.7. The summed E-state index contributed by atoms with van der Waals surface area (Å²) in [5.41, 5.74) is 0.774. The molecule has 2 heterocycles. The third-order valence-electron chi connectivity index (χ3n) is 3.89. The molecule has 0 fully saturated rings. The minimum Gasteiger partial charge on any atom is -0.455 e. The molecule has 0 aliphatic carbocycles. The highest BCUT2D eigenvalue weighted by Gasteiger charge is 2.06. The average molecular weight is 354 g/mol. The van der Waals surface area contributed by atoms with Crippen molar-refractivity contribution in [2.75, 3.05) is 12.1 Å². The van der Waals surface area contributed by atoms with Crippen molar-refractivity contribution in [2.24, 2.45) is 12.1 Å². The van der Waals surface area contributed by atoms with Crippen LogP contribution in [0, 0.1) is 0 Å². The van der Waals surface area contributed by atoms with E-state index >= 15 is 0 Å². The van der Waals surface area contributed by atoms with Gasteiger partial charge in [-0.05, 0) is 17.7 Å². The van der Waals surface area contributed by atoms with Crippen LogP contribution in [0.25, 0.3) is 11.3 Å². The summed E-state index contributed by atoms with van der Waals surface area (Å²) in [5.74, 6) is 1.46. The molecule has 0 radical (unpaired) electrons. The molecule has 3 rings (SSSR count). The summed E-state index contributed by atoms with van der Waals surface area (Å²) in [6, 6.07) is 12.2. The number of hydrogen-bond acceptors (Lipinski definition) is 6. The standard InChI is InChI=1S/C18H18N4O4/c1-21-17(24)9-16(20-18(21)25)22(2)19-10-14-7-8-15(26-14)13-5-3-12(11-23)4-6-13/h3-10,23H,11H2,1-2H3,(H,20,25)/b19-10+. The SMILES string of the molecule is CN(/N=C/c1ccc(-c2ccc(CO)cc2)o1)c1cc(=O)n(C)c(=O)[nH]1. The van der Waals surface area contributed by atoms with Gasteiger partial charge in [0.15, 0.2) is 0 Å². The molecule has 0 atom stereocenters. The predicted octanol–water partition coefficient (Wildman–Crippen LogP) is 1.30. The van der Waals surface area contributed by atoms with Crippen LogP contribution < -0.4 is 16.3 Å². The van der Waals surface area contributed by atoms with Crippen molar-refractivity contribution in [3.63, 3.8) is 0 Å². The Kier molecular flexibility index (Phi) is 4.85. The lowest BCUT2D eigenvalue weighted by atomic mass is 10.1. The number of anilines is 1. The first-order valence-corrected chi connectivity index (χ1v) is 7.86. The lowest BCUT2D eigenvalue weighted by Gasteiger charge is -2.11. The Balaban J connectivity index is 1.77. The fraction of sp³-hybridized carbons (Fsp3) is 0.167. The van der Waals surface area contributed by atoms with Crippen LogP contribution in [0.1, 0.15) is 11.3 Å². The number of rotatable bonds is 5. The molecule has 1 aromatic carbocycles. The Morgan fingerprint density at radius 2 is 1.96 bits per heavy atom. The van der Waals surface area contributed by atoms with E-state index in [0.29, 0.717) is 11.5 Å². The Labute approximate surface area is 148 Å². The van der Waals surface area contributed by atoms with Gasteiger partial charge in [0, 0.05) is 25.7 Å². The normalized spacial score (nSPS) is 11.2. The Morgan fingerprint density at radius 1 is 1.23 bits per heavy atom. The molecule has 0 saturated heterocycles. The fourth-order valence-electron chi connectivity index (χ4n) is 2.28. The molecular weight excluding hydrogens is 336 g/mol. The molecule has 134 valence electrons. The maximum absolute atomic E-state index is 11.7. The maximum atomic E-state index is 11.7. The number of H-pyrrole nitrogens is 1. The van der Waals surface area contributed by atoms with Crippen LogP contribution in [0.2, 0.25) is 0 Å². The molecule has 2 aromatic heterocycles. The minimum atomic E-state index is -0.513. The van der Waals surface area contributed by atoms with E-state index in [1.165, 1.54) is 24.3 Å². The van der Waals surface area contributed by atoms with Crippen LogP contribution in [0.4, 0.5) is 5.82 Å². The highest BCUT2D eigenvalue weighted by Crippen LogP contribution is 2.22. The van der Waals surface area contributed by atoms with Crippen molar-refractivity contribution >= 4 is 12.0 Å². The molecule has 0 aliphatic rings. The molecule has 0 aliphatic heterocycles. The van der Waals surface area contributed by atoms with Gasteiger partial charge in [-0.25, -0.2) is 4.79 Å². The van der Waals surface area contributed by atoms with Crippen LogP contribution in [0.15, 0.2) is 61.6 Å². The maximum Gasteiger partial charge on any atom is 0.329 e. The van der Waals surface area contributed by atoms with Gasteiger partial charge < -0.3 is 9.52 Å². The molecule has 0 saturated carbocycles. The number of nitrogens with one attached hydrogen (secondary N) is 1. The Bertz CT molecular complexity index is 1010. The minimum absolute atomic E-state index is 0.00659. The number of benzene rings is 1. The smallest absolute Gasteiger partial charge is 0.329 e. The first-order chi connectivity index (χ1) is 12.5. The van der Waals surface area contributed by atoms with E-state index in [-0.39, 0.29) is 12.4 Å². The van der Waals surface area contributed by atoms with Crippen molar-refractivity contribution in [2.45, 2.75) is 6.61 Å². The summed E-state index contributed by atoms with van der Waals surface area (Å²) in [6.45, 7) is -0.00659. The van der Waals surface area contributed by atoms with Gasteiger partial charge in [-0.1, -0.05) is 24.3 Å². The van der Waals surface area contributed by atoms with Gasteiger partial charge in [0.05, 0.1) is 12.8 Å². The molecule has 8 heteroatoms. The van der Waals surface area contributed by atoms with Crippen molar-refractivity contribution in [3.05, 3.63) is 74.6 Å². The number of hydrogen-bond donors (Lipinski definition) is 2. The molecule has 3 aromatic rings. The zero-order valence-corrected chi connectivity index (χ0v) is 14.3. The molecule has 0 unspecified atom stereocenters. The Morgan fingerprint density at radius 3 is 2.62 bits per heavy atom. The number of aliphatic hydroxyl groups is 1. The van der Waals surface area contributed by atoms with Crippen molar-refractivity contribution in [1.82, 2.24) is 9.55 Å². The van der Waals surface area contributed by atoms with Gasteiger partial charge >= 0.3 is 5.69 Å². The molecular formula is C18H18N4O4. The number of aromatic amines is 1. The van der Waals surface area contributed by atoms with Crippen LogP contribution in [-0.2, 0) is 13.7 Å². The summed E-state index contributed by atoms with van der Waals surface area (Å²) in [5, 5.41) is 14.6. The molecule has 0 spiro atoms. The second kappa shape index (κ2) is 7.24. The van der Waals surface area contributed by atoms with E-state index in [9.17, 15) is 9.59 Å². The second-order valence-corrected chi connectivity index (χ2v) is 5.68. The van der Waals surface area contributed by atoms with Crippen LogP contribution in [0.3, 0.4) is 0 Å². The second-order valence-electron chi connectivity index (χ2n) is 5.68. The summed E-state index contributed by atoms with van der Waals surface area (Å²) >= 11 is 0. The van der Waals surface area contributed by atoms with Crippen LogP contribution in [-0.4, -0.2) is 27.9 Å². The van der Waals surface area contributed by atoms with E-state index in [0.717, 1.165) is 15.7 Å². The Hall–Kier alpha value is -3.39. The van der Waals surface area contributed by atoms with Crippen molar-refractivity contribution in [1.29, 1.82) is 0 Å². The monoisotopic (exact) mass is 354 g/mol. The number of aromatic nitrogens is 2. The number of furan rings is 1. The van der Waals surface area contributed by atoms with E-state index in [1.54, 1.807) is 13.1 Å². The third kappa shape index (κ3) is 3.65. The summed E-state index contributed by atoms with van der Waals surface area (Å²) in [6.07, 6.45) is 1.49. The van der Waals surface area contributed by atoms with E-state index in [2.05, 4.69) is 10.1 Å². The van der Waals surface area contributed by atoms with Crippen molar-refractivity contribution in [3.8, 4) is 11.3 Å². The summed E-state index contributed by atoms with van der Waals surface area (Å²) < 4.78 is 6.69. The van der Waals surface area contributed by atoms with Gasteiger partial charge in [-0.15, -0.1) is 0 Å². The molecule has 26 heavy (non-hydrogen) atoms. The molecule has 8 nitrogen and oxygen atoms in total.